The zero-order chi connectivity index (χ0) is 24.9. The molecule has 182 valence electrons. The Morgan fingerprint density at radius 1 is 1.20 bits per heavy atom. The Morgan fingerprint density at radius 3 is 2.66 bits per heavy atom. The minimum Gasteiger partial charge on any atom is -0.481 e. The van der Waals surface area contributed by atoms with Crippen LogP contribution in [0.25, 0.3) is 23.1 Å². The summed E-state index contributed by atoms with van der Waals surface area (Å²) in [6.07, 6.45) is 10.6. The Hall–Kier alpha value is -3.38. The van der Waals surface area contributed by atoms with Gasteiger partial charge in [0.15, 0.2) is 0 Å². The number of hydrogen-bond acceptors (Lipinski definition) is 3. The number of carbonyl (C=O) groups excluding carboxylic acids is 1. The van der Waals surface area contributed by atoms with E-state index in [0.717, 1.165) is 40.7 Å². The molecule has 2 heterocycles. The van der Waals surface area contributed by atoms with Crippen molar-refractivity contribution in [1.29, 1.82) is 0 Å². The molecule has 6 nitrogen and oxygen atoms in total. The van der Waals surface area contributed by atoms with Crippen LogP contribution in [0.5, 0.6) is 0 Å². The van der Waals surface area contributed by atoms with Gasteiger partial charge in [0.25, 0.3) is 5.91 Å². The Balaban J connectivity index is 1.55. The first kappa shape index (κ1) is 24.7. The molecule has 0 bridgehead atoms. The second kappa shape index (κ2) is 10.9. The lowest BCUT2D eigenvalue weighted by Gasteiger charge is -2.26. The summed E-state index contributed by atoms with van der Waals surface area (Å²) in [7, 11) is 0. The SMILES string of the molecule is C=Cc1nc(Cn2ccc3ccc(Cl)c(C(=O)NCC4CCC(C(=O)O)CC4)c32)ccc1/C=C\C. The molecule has 0 spiro atoms. The molecule has 35 heavy (non-hydrogen) atoms. The standard InChI is InChI=1S/C28H30ClN3O3/c1-3-5-19-10-12-22(31-24(19)4-2)17-32-15-14-20-11-13-23(29)25(26(20)32)27(33)30-16-18-6-8-21(9-7-18)28(34)35/h3-5,10-15,18,21H,2,6-9,16-17H2,1H3,(H,30,33)(H,34,35)/b5-3-. The molecule has 0 atom stereocenters. The molecule has 0 aliphatic heterocycles. The number of pyridine rings is 1. The van der Waals surface area contributed by atoms with Gasteiger partial charge in [-0.25, -0.2) is 0 Å². The van der Waals surface area contributed by atoms with Crippen molar-refractivity contribution in [2.45, 2.75) is 39.2 Å². The molecule has 1 amide bonds. The highest BCUT2D eigenvalue weighted by molar-refractivity contribution is 6.35. The number of benzene rings is 1. The van der Waals surface area contributed by atoms with Crippen LogP contribution in [0.15, 0.2) is 49.2 Å². The minimum atomic E-state index is -0.724. The second-order valence-corrected chi connectivity index (χ2v) is 9.46. The van der Waals surface area contributed by atoms with E-state index < -0.39 is 5.97 Å². The van der Waals surface area contributed by atoms with E-state index in [9.17, 15) is 14.7 Å². The molecule has 0 radical (unpaired) electrons. The highest BCUT2D eigenvalue weighted by Crippen LogP contribution is 2.30. The molecule has 0 saturated heterocycles. The van der Waals surface area contributed by atoms with E-state index in [-0.39, 0.29) is 17.7 Å². The number of hydrogen-bond donors (Lipinski definition) is 2. The molecule has 3 aromatic rings. The predicted molar refractivity (Wildman–Crippen MR) is 141 cm³/mol. The van der Waals surface area contributed by atoms with Crippen molar-refractivity contribution >= 4 is 46.5 Å². The summed E-state index contributed by atoms with van der Waals surface area (Å²) in [5.74, 6) is -0.936. The van der Waals surface area contributed by atoms with Crippen molar-refractivity contribution in [2.24, 2.45) is 11.8 Å². The fourth-order valence-electron chi connectivity index (χ4n) is 4.83. The van der Waals surface area contributed by atoms with Crippen LogP contribution in [0.2, 0.25) is 5.02 Å². The lowest BCUT2D eigenvalue weighted by molar-refractivity contribution is -0.143. The number of carboxylic acid groups (broad SMARTS) is 1. The predicted octanol–water partition coefficient (Wildman–Crippen LogP) is 6.03. The molecule has 1 aromatic carbocycles. The van der Waals surface area contributed by atoms with Gasteiger partial charge < -0.3 is 15.0 Å². The molecule has 2 N–H and O–H groups in total. The molecule has 2 aromatic heterocycles. The first-order chi connectivity index (χ1) is 16.9. The normalized spacial score (nSPS) is 18.1. The number of aliphatic carboxylic acids is 1. The van der Waals surface area contributed by atoms with Crippen LogP contribution in [-0.4, -0.2) is 33.1 Å². The van der Waals surface area contributed by atoms with E-state index in [1.807, 2.05) is 54.1 Å². The number of nitrogens with one attached hydrogen (secondary N) is 1. The Kier molecular flexibility index (Phi) is 7.71. The molecular formula is C28H30ClN3O3. The fraction of sp³-hybridized carbons (Fsp3) is 0.321. The van der Waals surface area contributed by atoms with Gasteiger partial charge in [-0.1, -0.05) is 42.5 Å². The van der Waals surface area contributed by atoms with Crippen LogP contribution in [0.1, 0.15) is 59.9 Å². The monoisotopic (exact) mass is 491 g/mol. The van der Waals surface area contributed by atoms with Gasteiger partial charge in [-0.2, -0.15) is 0 Å². The molecule has 1 aliphatic rings. The molecule has 1 saturated carbocycles. The molecule has 1 fully saturated rings. The summed E-state index contributed by atoms with van der Waals surface area (Å²) in [5.41, 5.74) is 3.88. The van der Waals surface area contributed by atoms with E-state index in [4.69, 9.17) is 16.6 Å². The van der Waals surface area contributed by atoms with Gasteiger partial charge in [0.1, 0.15) is 0 Å². The molecule has 1 aliphatic carbocycles. The molecule has 4 rings (SSSR count). The van der Waals surface area contributed by atoms with Gasteiger partial charge in [0.05, 0.1) is 40.0 Å². The van der Waals surface area contributed by atoms with E-state index >= 15 is 0 Å². The van der Waals surface area contributed by atoms with E-state index in [1.165, 1.54) is 0 Å². The van der Waals surface area contributed by atoms with Crippen molar-refractivity contribution in [1.82, 2.24) is 14.9 Å². The molecular weight excluding hydrogens is 462 g/mol. The topological polar surface area (TPSA) is 84.2 Å². The number of halogens is 1. The van der Waals surface area contributed by atoms with Crippen molar-refractivity contribution in [2.75, 3.05) is 6.54 Å². The first-order valence-electron chi connectivity index (χ1n) is 11.9. The average Bonchev–Trinajstić information content (AvgIpc) is 3.26. The first-order valence-corrected chi connectivity index (χ1v) is 12.3. The van der Waals surface area contributed by atoms with Gasteiger partial charge in [0.2, 0.25) is 0 Å². The number of aromatic nitrogens is 2. The summed E-state index contributed by atoms with van der Waals surface area (Å²) >= 11 is 6.53. The summed E-state index contributed by atoms with van der Waals surface area (Å²) in [4.78, 5) is 29.2. The summed E-state index contributed by atoms with van der Waals surface area (Å²) in [5, 5.41) is 13.6. The molecule has 0 unspecified atom stereocenters. The molecule has 7 heteroatoms. The fourth-order valence-corrected chi connectivity index (χ4v) is 5.07. The van der Waals surface area contributed by atoms with E-state index in [0.29, 0.717) is 36.5 Å². The Morgan fingerprint density at radius 2 is 1.97 bits per heavy atom. The Bertz CT molecular complexity index is 1290. The minimum absolute atomic E-state index is 0.218. The third kappa shape index (κ3) is 5.49. The number of rotatable bonds is 8. The van der Waals surface area contributed by atoms with Crippen LogP contribution in [0.3, 0.4) is 0 Å². The van der Waals surface area contributed by atoms with Crippen LogP contribution >= 0.6 is 11.6 Å². The third-order valence-electron chi connectivity index (χ3n) is 6.74. The highest BCUT2D eigenvalue weighted by Gasteiger charge is 2.26. The second-order valence-electron chi connectivity index (χ2n) is 9.05. The number of carboxylic acids is 1. The van der Waals surface area contributed by atoms with Gasteiger partial charge in [0, 0.05) is 18.1 Å². The van der Waals surface area contributed by atoms with Gasteiger partial charge in [-0.15, -0.1) is 0 Å². The third-order valence-corrected chi connectivity index (χ3v) is 7.06. The van der Waals surface area contributed by atoms with E-state index in [2.05, 4.69) is 11.9 Å². The zero-order valence-corrected chi connectivity index (χ0v) is 20.6. The lowest BCUT2D eigenvalue weighted by Crippen LogP contribution is -2.32. The van der Waals surface area contributed by atoms with Crippen LogP contribution < -0.4 is 5.32 Å². The Labute approximate surface area is 210 Å². The van der Waals surface area contributed by atoms with Crippen molar-refractivity contribution < 1.29 is 14.7 Å². The highest BCUT2D eigenvalue weighted by atomic mass is 35.5. The maximum atomic E-state index is 13.3. The number of carbonyl (C=O) groups is 2. The van der Waals surface area contributed by atoms with Gasteiger partial charge >= 0.3 is 5.97 Å². The van der Waals surface area contributed by atoms with Crippen molar-refractivity contribution in [3.05, 3.63) is 76.7 Å². The van der Waals surface area contributed by atoms with Gasteiger partial charge in [-0.3, -0.25) is 14.6 Å². The number of nitrogens with zero attached hydrogens (tertiary/aromatic N) is 2. The largest absolute Gasteiger partial charge is 0.481 e. The summed E-state index contributed by atoms with van der Waals surface area (Å²) in [6.45, 7) is 6.84. The maximum Gasteiger partial charge on any atom is 0.306 e. The van der Waals surface area contributed by atoms with Crippen LogP contribution in [0, 0.1) is 11.8 Å². The number of allylic oxidation sites excluding steroid dienone is 1. The average molecular weight is 492 g/mol. The van der Waals surface area contributed by atoms with Crippen molar-refractivity contribution in [3.63, 3.8) is 0 Å². The van der Waals surface area contributed by atoms with Crippen LogP contribution in [0.4, 0.5) is 0 Å². The number of amides is 1. The lowest BCUT2D eigenvalue weighted by atomic mass is 9.82. The zero-order valence-electron chi connectivity index (χ0n) is 19.8. The smallest absolute Gasteiger partial charge is 0.306 e. The maximum absolute atomic E-state index is 13.3. The quantitative estimate of drug-likeness (QED) is 0.402. The van der Waals surface area contributed by atoms with E-state index in [1.54, 1.807) is 12.1 Å². The summed E-state index contributed by atoms with van der Waals surface area (Å²) < 4.78 is 2.00. The summed E-state index contributed by atoms with van der Waals surface area (Å²) in [6, 6.07) is 9.63. The van der Waals surface area contributed by atoms with Gasteiger partial charge in [-0.05, 0) is 68.4 Å². The number of fused-ring (bicyclic) bond motifs is 1. The van der Waals surface area contributed by atoms with Crippen molar-refractivity contribution in [3.8, 4) is 0 Å². The van der Waals surface area contributed by atoms with Crippen LogP contribution in [-0.2, 0) is 11.3 Å².